The van der Waals surface area contributed by atoms with Crippen LogP contribution in [-0.4, -0.2) is 23.6 Å². The van der Waals surface area contributed by atoms with Crippen molar-refractivity contribution in [3.63, 3.8) is 0 Å². The summed E-state index contributed by atoms with van der Waals surface area (Å²) in [7, 11) is 1.51. The molecular weight excluding hydrogens is 158 g/mol. The molecule has 0 radical (unpaired) electrons. The van der Waals surface area contributed by atoms with Gasteiger partial charge in [0.2, 0.25) is 0 Å². The molecule has 4 nitrogen and oxygen atoms in total. The topological polar surface area (TPSA) is 62.0 Å². The maximum atomic E-state index is 9.27. The maximum Gasteiger partial charge on any atom is 0.128 e. The average Bonchev–Trinajstić information content (AvgIpc) is 2.09. The molecule has 12 heavy (non-hydrogen) atoms. The number of ether oxygens (including phenoxy) is 1. The minimum atomic E-state index is 0.0205. The number of hydrogen-bond acceptors (Lipinski definition) is 4. The van der Waals surface area contributed by atoms with Crippen LogP contribution in [0.1, 0.15) is 5.56 Å². The van der Waals surface area contributed by atoms with Gasteiger partial charge < -0.3 is 15.1 Å². The summed E-state index contributed by atoms with van der Waals surface area (Å²) in [6.45, 7) is 0. The molecule has 1 aromatic rings. The van der Waals surface area contributed by atoms with E-state index < -0.39 is 0 Å². The first-order valence-corrected chi connectivity index (χ1v) is 3.32. The van der Waals surface area contributed by atoms with Crippen LogP contribution in [0.5, 0.6) is 11.5 Å². The highest BCUT2D eigenvalue weighted by Crippen LogP contribution is 2.21. The number of rotatable bonds is 2. The van der Waals surface area contributed by atoms with Gasteiger partial charge in [-0.05, 0) is 12.1 Å². The van der Waals surface area contributed by atoms with Crippen LogP contribution in [0.4, 0.5) is 0 Å². The van der Waals surface area contributed by atoms with Crippen molar-refractivity contribution in [1.29, 1.82) is 0 Å². The Kier molecular flexibility index (Phi) is 2.53. The van der Waals surface area contributed by atoms with Gasteiger partial charge in [-0.1, -0.05) is 5.16 Å². The zero-order chi connectivity index (χ0) is 8.97. The smallest absolute Gasteiger partial charge is 0.128 e. The number of oxime groups is 1. The van der Waals surface area contributed by atoms with Gasteiger partial charge >= 0.3 is 0 Å². The van der Waals surface area contributed by atoms with Crippen molar-refractivity contribution in [2.75, 3.05) is 7.11 Å². The summed E-state index contributed by atoms with van der Waals surface area (Å²) in [6.07, 6.45) is 1.15. The Balaban J connectivity index is 3.03. The van der Waals surface area contributed by atoms with Gasteiger partial charge in [-0.3, -0.25) is 0 Å². The summed E-state index contributed by atoms with van der Waals surface area (Å²) in [5.74, 6) is 0.578. The van der Waals surface area contributed by atoms with E-state index in [-0.39, 0.29) is 5.75 Å². The average molecular weight is 167 g/mol. The van der Waals surface area contributed by atoms with Crippen molar-refractivity contribution in [3.8, 4) is 11.5 Å². The Bertz CT molecular complexity index is 296. The first kappa shape index (κ1) is 8.39. The van der Waals surface area contributed by atoms with E-state index in [1.807, 2.05) is 0 Å². The number of phenols is 1. The van der Waals surface area contributed by atoms with Crippen LogP contribution < -0.4 is 4.74 Å². The first-order valence-electron chi connectivity index (χ1n) is 3.32. The van der Waals surface area contributed by atoms with Gasteiger partial charge in [0.05, 0.1) is 13.3 Å². The largest absolute Gasteiger partial charge is 0.507 e. The fourth-order valence-electron chi connectivity index (χ4n) is 0.822. The molecule has 2 N–H and O–H groups in total. The van der Waals surface area contributed by atoms with Crippen LogP contribution >= 0.6 is 0 Å². The lowest BCUT2D eigenvalue weighted by Gasteiger charge is -2.01. The molecule has 0 aliphatic heterocycles. The van der Waals surface area contributed by atoms with Crippen molar-refractivity contribution in [3.05, 3.63) is 23.8 Å². The van der Waals surface area contributed by atoms with E-state index >= 15 is 0 Å². The van der Waals surface area contributed by atoms with E-state index in [0.29, 0.717) is 11.3 Å². The second-order valence-electron chi connectivity index (χ2n) is 2.17. The molecule has 0 saturated heterocycles. The fraction of sp³-hybridized carbons (Fsp3) is 0.125. The molecule has 0 atom stereocenters. The summed E-state index contributed by atoms with van der Waals surface area (Å²) in [6, 6.07) is 4.70. The second-order valence-corrected chi connectivity index (χ2v) is 2.17. The number of aromatic hydroxyl groups is 1. The number of benzene rings is 1. The summed E-state index contributed by atoms with van der Waals surface area (Å²) >= 11 is 0. The van der Waals surface area contributed by atoms with E-state index in [1.165, 1.54) is 13.2 Å². The van der Waals surface area contributed by atoms with Gasteiger partial charge in [-0.25, -0.2) is 0 Å². The van der Waals surface area contributed by atoms with Gasteiger partial charge in [0.1, 0.15) is 11.5 Å². The first-order chi connectivity index (χ1) is 5.77. The van der Waals surface area contributed by atoms with Crippen LogP contribution in [0, 0.1) is 0 Å². The Labute approximate surface area is 69.7 Å². The van der Waals surface area contributed by atoms with E-state index in [1.54, 1.807) is 12.1 Å². The Hall–Kier alpha value is -1.71. The van der Waals surface area contributed by atoms with E-state index in [9.17, 15) is 5.11 Å². The normalized spacial score (nSPS) is 10.4. The molecule has 0 bridgehead atoms. The fourth-order valence-corrected chi connectivity index (χ4v) is 0.822. The summed E-state index contributed by atoms with van der Waals surface area (Å²) < 4.78 is 4.86. The van der Waals surface area contributed by atoms with E-state index in [0.717, 1.165) is 6.21 Å². The number of phenolic OH excluding ortho intramolecular Hbond substituents is 1. The van der Waals surface area contributed by atoms with Crippen LogP contribution in [-0.2, 0) is 0 Å². The minimum Gasteiger partial charge on any atom is -0.507 e. The summed E-state index contributed by atoms with van der Waals surface area (Å²) in [4.78, 5) is 0. The predicted octanol–water partition coefficient (Wildman–Crippen LogP) is 1.21. The van der Waals surface area contributed by atoms with Gasteiger partial charge in [0.25, 0.3) is 0 Å². The molecule has 0 spiro atoms. The minimum absolute atomic E-state index is 0.0205. The molecule has 0 amide bonds. The van der Waals surface area contributed by atoms with E-state index in [2.05, 4.69) is 5.16 Å². The Morgan fingerprint density at radius 2 is 2.25 bits per heavy atom. The monoisotopic (exact) mass is 167 g/mol. The lowest BCUT2D eigenvalue weighted by molar-refractivity contribution is 0.321. The lowest BCUT2D eigenvalue weighted by atomic mass is 10.2. The van der Waals surface area contributed by atoms with Gasteiger partial charge in [0, 0.05) is 11.6 Å². The van der Waals surface area contributed by atoms with E-state index in [4.69, 9.17) is 9.94 Å². The molecule has 1 aromatic carbocycles. The van der Waals surface area contributed by atoms with Crippen molar-refractivity contribution < 1.29 is 15.1 Å². The zero-order valence-corrected chi connectivity index (χ0v) is 6.56. The molecule has 0 aliphatic carbocycles. The SMILES string of the molecule is COc1ccc(C=NO)c(O)c1. The molecule has 0 unspecified atom stereocenters. The lowest BCUT2D eigenvalue weighted by Crippen LogP contribution is -1.85. The van der Waals surface area contributed by atoms with Crippen LogP contribution in [0.2, 0.25) is 0 Å². The third-order valence-corrected chi connectivity index (χ3v) is 1.43. The number of methoxy groups -OCH3 is 1. The maximum absolute atomic E-state index is 9.27. The quantitative estimate of drug-likeness (QED) is 0.395. The highest BCUT2D eigenvalue weighted by atomic mass is 16.5. The molecule has 0 aromatic heterocycles. The van der Waals surface area contributed by atoms with Gasteiger partial charge in [0.15, 0.2) is 0 Å². The second kappa shape index (κ2) is 3.61. The van der Waals surface area contributed by atoms with Crippen molar-refractivity contribution in [2.45, 2.75) is 0 Å². The van der Waals surface area contributed by atoms with Gasteiger partial charge in [-0.2, -0.15) is 0 Å². The van der Waals surface area contributed by atoms with Crippen molar-refractivity contribution >= 4 is 6.21 Å². The highest BCUT2D eigenvalue weighted by molar-refractivity contribution is 5.83. The highest BCUT2D eigenvalue weighted by Gasteiger charge is 1.99. The summed E-state index contributed by atoms with van der Waals surface area (Å²) in [5.41, 5.74) is 0.443. The van der Waals surface area contributed by atoms with Crippen molar-refractivity contribution in [2.24, 2.45) is 5.16 Å². The van der Waals surface area contributed by atoms with Crippen LogP contribution in [0.15, 0.2) is 23.4 Å². The Morgan fingerprint density at radius 1 is 1.50 bits per heavy atom. The molecule has 0 fully saturated rings. The molecule has 64 valence electrons. The predicted molar refractivity (Wildman–Crippen MR) is 44.0 cm³/mol. The molecular formula is C8H9NO3. The van der Waals surface area contributed by atoms with Gasteiger partial charge in [-0.15, -0.1) is 0 Å². The third-order valence-electron chi connectivity index (χ3n) is 1.43. The summed E-state index contributed by atoms with van der Waals surface area (Å²) in [5, 5.41) is 20.3. The van der Waals surface area contributed by atoms with Crippen LogP contribution in [0.25, 0.3) is 0 Å². The third kappa shape index (κ3) is 1.66. The molecule has 1 rings (SSSR count). The van der Waals surface area contributed by atoms with Crippen molar-refractivity contribution in [1.82, 2.24) is 0 Å². The zero-order valence-electron chi connectivity index (χ0n) is 6.56. The Morgan fingerprint density at radius 3 is 2.75 bits per heavy atom. The standard InChI is InChI=1S/C8H9NO3/c1-12-7-3-2-6(5-9-11)8(10)4-7/h2-5,10-11H,1H3. The molecule has 0 heterocycles. The number of nitrogens with zero attached hydrogens (tertiary/aromatic N) is 1. The van der Waals surface area contributed by atoms with Crippen LogP contribution in [0.3, 0.4) is 0 Å². The molecule has 0 saturated carbocycles. The molecule has 4 heteroatoms. The number of hydrogen-bond donors (Lipinski definition) is 2. The molecule has 0 aliphatic rings.